The number of amides is 2. The molecule has 20 heavy (non-hydrogen) atoms. The van der Waals surface area contributed by atoms with Crippen LogP contribution in [0.4, 0.5) is 0 Å². The summed E-state index contributed by atoms with van der Waals surface area (Å²) in [6.07, 6.45) is 0. The molecule has 0 aromatic carbocycles. The van der Waals surface area contributed by atoms with Crippen molar-refractivity contribution >= 4 is 23.8 Å². The quantitative estimate of drug-likeness (QED) is 0.485. The lowest BCUT2D eigenvalue weighted by Crippen LogP contribution is -2.50. The van der Waals surface area contributed by atoms with Crippen LogP contribution in [0.1, 0.15) is 27.7 Å². The Labute approximate surface area is 117 Å². The molecule has 0 saturated heterocycles. The van der Waals surface area contributed by atoms with Gasteiger partial charge in [0.15, 0.2) is 0 Å². The fourth-order valence-electron chi connectivity index (χ4n) is 1.18. The predicted octanol–water partition coefficient (Wildman–Crippen LogP) is -0.878. The van der Waals surface area contributed by atoms with E-state index in [-0.39, 0.29) is 13.2 Å². The summed E-state index contributed by atoms with van der Waals surface area (Å²) in [6.45, 7) is 6.37. The molecular weight excluding hydrogens is 268 g/mol. The number of carbonyl (C=O) groups excluding carboxylic acids is 4. The van der Waals surface area contributed by atoms with E-state index in [1.54, 1.807) is 13.8 Å². The van der Waals surface area contributed by atoms with Crippen LogP contribution in [0.15, 0.2) is 0 Å². The average Bonchev–Trinajstić information content (AvgIpc) is 2.38. The van der Waals surface area contributed by atoms with Crippen LogP contribution in [0.5, 0.6) is 0 Å². The molecule has 0 bridgehead atoms. The summed E-state index contributed by atoms with van der Waals surface area (Å²) in [4.78, 5) is 45.5. The molecule has 0 heterocycles. The van der Waals surface area contributed by atoms with Crippen molar-refractivity contribution in [3.8, 4) is 0 Å². The lowest BCUT2D eigenvalue weighted by atomic mass is 10.3. The maximum Gasteiger partial charge on any atom is 0.328 e. The van der Waals surface area contributed by atoms with Crippen molar-refractivity contribution in [2.24, 2.45) is 0 Å². The summed E-state index contributed by atoms with van der Waals surface area (Å²) in [5.74, 6) is -3.34. The second-order valence-electron chi connectivity index (χ2n) is 3.89. The highest BCUT2D eigenvalue weighted by Crippen LogP contribution is 1.90. The molecule has 0 aromatic rings. The first kappa shape index (κ1) is 17.9. The summed E-state index contributed by atoms with van der Waals surface area (Å²) in [6, 6.07) is -1.91. The van der Waals surface area contributed by atoms with Crippen molar-refractivity contribution in [3.63, 3.8) is 0 Å². The summed E-state index contributed by atoms with van der Waals surface area (Å²) in [5.41, 5.74) is 0. The topological polar surface area (TPSA) is 111 Å². The number of hydrogen-bond acceptors (Lipinski definition) is 6. The maximum absolute atomic E-state index is 11.5. The molecule has 8 heteroatoms. The Kier molecular flexibility index (Phi) is 7.95. The number of carbonyl (C=O) groups is 4. The van der Waals surface area contributed by atoms with E-state index in [0.29, 0.717) is 0 Å². The molecule has 2 unspecified atom stereocenters. The molecule has 2 N–H and O–H groups in total. The Bertz CT molecular complexity index is 346. The zero-order chi connectivity index (χ0) is 15.7. The SMILES string of the molecule is CCOC(=O)C(C)NC(=O)C(=O)NC(C)C(=O)OCC. The minimum absolute atomic E-state index is 0.172. The van der Waals surface area contributed by atoms with E-state index in [4.69, 9.17) is 0 Å². The molecule has 114 valence electrons. The highest BCUT2D eigenvalue weighted by atomic mass is 16.5. The van der Waals surface area contributed by atoms with Crippen LogP contribution in [-0.4, -0.2) is 49.1 Å². The second kappa shape index (κ2) is 8.89. The van der Waals surface area contributed by atoms with Crippen molar-refractivity contribution in [1.29, 1.82) is 0 Å². The van der Waals surface area contributed by atoms with Crippen molar-refractivity contribution in [1.82, 2.24) is 10.6 Å². The zero-order valence-electron chi connectivity index (χ0n) is 12.0. The van der Waals surface area contributed by atoms with Gasteiger partial charge in [-0.3, -0.25) is 9.59 Å². The van der Waals surface area contributed by atoms with Crippen LogP contribution in [0.2, 0.25) is 0 Å². The molecule has 0 fully saturated rings. The monoisotopic (exact) mass is 288 g/mol. The van der Waals surface area contributed by atoms with Gasteiger partial charge in [0, 0.05) is 0 Å². The first-order chi connectivity index (χ1) is 9.33. The van der Waals surface area contributed by atoms with E-state index in [1.165, 1.54) is 13.8 Å². The average molecular weight is 288 g/mol. The van der Waals surface area contributed by atoms with Crippen LogP contribution >= 0.6 is 0 Å². The molecule has 0 aliphatic heterocycles. The fourth-order valence-corrected chi connectivity index (χ4v) is 1.18. The smallest absolute Gasteiger partial charge is 0.328 e. The highest BCUT2D eigenvalue weighted by molar-refractivity contribution is 6.35. The molecule has 0 aromatic heterocycles. The standard InChI is InChI=1S/C12H20N2O6/c1-5-19-11(17)7(3)13-9(15)10(16)14-8(4)12(18)20-6-2/h7-8H,5-6H2,1-4H3,(H,13,15)(H,14,16). The molecule has 0 radical (unpaired) electrons. The van der Waals surface area contributed by atoms with E-state index >= 15 is 0 Å². The zero-order valence-corrected chi connectivity index (χ0v) is 12.0. The van der Waals surface area contributed by atoms with Gasteiger partial charge < -0.3 is 20.1 Å². The molecule has 0 rings (SSSR count). The van der Waals surface area contributed by atoms with E-state index in [1.807, 2.05) is 0 Å². The van der Waals surface area contributed by atoms with Gasteiger partial charge in [-0.25, -0.2) is 9.59 Å². The number of ether oxygens (including phenoxy) is 2. The van der Waals surface area contributed by atoms with Gasteiger partial charge in [-0.15, -0.1) is 0 Å². The van der Waals surface area contributed by atoms with E-state index in [0.717, 1.165) is 0 Å². The van der Waals surface area contributed by atoms with Gasteiger partial charge in [-0.2, -0.15) is 0 Å². The van der Waals surface area contributed by atoms with Gasteiger partial charge in [-0.05, 0) is 27.7 Å². The Balaban J connectivity index is 4.32. The summed E-state index contributed by atoms with van der Waals surface area (Å²) < 4.78 is 9.35. The Morgan fingerprint density at radius 1 is 0.800 bits per heavy atom. The van der Waals surface area contributed by atoms with Gasteiger partial charge in [0.05, 0.1) is 13.2 Å². The first-order valence-corrected chi connectivity index (χ1v) is 6.28. The molecular formula is C12H20N2O6. The number of hydrogen-bond donors (Lipinski definition) is 2. The second-order valence-corrected chi connectivity index (χ2v) is 3.89. The molecule has 0 aliphatic carbocycles. The van der Waals surface area contributed by atoms with Crippen LogP contribution in [0, 0.1) is 0 Å². The van der Waals surface area contributed by atoms with Gasteiger partial charge in [0.1, 0.15) is 12.1 Å². The summed E-state index contributed by atoms with van der Waals surface area (Å²) in [7, 11) is 0. The highest BCUT2D eigenvalue weighted by Gasteiger charge is 2.24. The Hall–Kier alpha value is -2.12. The van der Waals surface area contributed by atoms with Crippen LogP contribution in [0.3, 0.4) is 0 Å². The van der Waals surface area contributed by atoms with Gasteiger partial charge in [-0.1, -0.05) is 0 Å². The van der Waals surface area contributed by atoms with Gasteiger partial charge in [0.25, 0.3) is 0 Å². The normalized spacial score (nSPS) is 12.8. The van der Waals surface area contributed by atoms with Crippen LogP contribution in [0.25, 0.3) is 0 Å². The first-order valence-electron chi connectivity index (χ1n) is 6.28. The minimum Gasteiger partial charge on any atom is -0.464 e. The molecule has 2 atom stereocenters. The molecule has 2 amide bonds. The number of nitrogens with one attached hydrogen (secondary N) is 2. The summed E-state index contributed by atoms with van der Waals surface area (Å²) >= 11 is 0. The molecule has 8 nitrogen and oxygen atoms in total. The van der Waals surface area contributed by atoms with Crippen molar-refractivity contribution < 1.29 is 28.7 Å². The van der Waals surface area contributed by atoms with Gasteiger partial charge >= 0.3 is 23.8 Å². The van der Waals surface area contributed by atoms with Crippen LogP contribution < -0.4 is 10.6 Å². The lowest BCUT2D eigenvalue weighted by Gasteiger charge is -2.14. The molecule has 0 aliphatic rings. The molecule has 0 saturated carbocycles. The minimum atomic E-state index is -1.03. The largest absolute Gasteiger partial charge is 0.464 e. The molecule has 0 spiro atoms. The lowest BCUT2D eigenvalue weighted by molar-refractivity contribution is -0.150. The van der Waals surface area contributed by atoms with Crippen LogP contribution in [-0.2, 0) is 28.7 Å². The van der Waals surface area contributed by atoms with Crippen molar-refractivity contribution in [2.75, 3.05) is 13.2 Å². The Morgan fingerprint density at radius 3 is 1.35 bits per heavy atom. The van der Waals surface area contributed by atoms with Crippen molar-refractivity contribution in [3.05, 3.63) is 0 Å². The third-order valence-corrected chi connectivity index (χ3v) is 2.18. The maximum atomic E-state index is 11.5. The van der Waals surface area contributed by atoms with Crippen molar-refractivity contribution in [2.45, 2.75) is 39.8 Å². The predicted molar refractivity (Wildman–Crippen MR) is 68.5 cm³/mol. The number of esters is 2. The fraction of sp³-hybridized carbons (Fsp3) is 0.667. The summed E-state index contributed by atoms with van der Waals surface area (Å²) in [5, 5.41) is 4.33. The van der Waals surface area contributed by atoms with E-state index in [9.17, 15) is 19.2 Å². The Morgan fingerprint density at radius 2 is 1.10 bits per heavy atom. The van der Waals surface area contributed by atoms with Gasteiger partial charge in [0.2, 0.25) is 0 Å². The van der Waals surface area contributed by atoms with E-state index < -0.39 is 35.8 Å². The number of rotatable bonds is 6. The third kappa shape index (κ3) is 6.17. The van der Waals surface area contributed by atoms with E-state index in [2.05, 4.69) is 20.1 Å². The third-order valence-electron chi connectivity index (χ3n) is 2.18.